The van der Waals surface area contributed by atoms with Gasteiger partial charge in [-0.2, -0.15) is 9.97 Å². The van der Waals surface area contributed by atoms with Crippen LogP contribution in [0.25, 0.3) is 0 Å². The normalized spacial score (nSPS) is 15.5. The Morgan fingerprint density at radius 2 is 1.67 bits per heavy atom. The topological polar surface area (TPSA) is 96.6 Å². The molecule has 0 spiro atoms. The molecule has 2 N–H and O–H groups in total. The monoisotopic (exact) mass is 357 g/mol. The molecule has 7 nitrogen and oxygen atoms in total. The number of ether oxygens (including phenoxy) is 3. The minimum absolute atomic E-state index is 0.283. The molecule has 1 aromatic rings. The molecule has 0 saturated heterocycles. The maximum absolute atomic E-state index is 11.3. The number of carbonyl (C=O) groups is 1. The standard InChI is InChI=1S/C13H18N2O4S.C3H9N/c1-9(16)19-13(6-4-5-7-13)20-12-14-10(17-2)8-11(15-12)18-3;1-3(2)4/h8H,4-7H2,1-3H3;3H,4H2,1-2H3. The van der Waals surface area contributed by atoms with Crippen molar-refractivity contribution in [3.63, 3.8) is 0 Å². The first-order valence-corrected chi connectivity index (χ1v) is 8.73. The van der Waals surface area contributed by atoms with Gasteiger partial charge in [0.15, 0.2) is 10.1 Å². The first-order chi connectivity index (χ1) is 11.3. The molecule has 1 fully saturated rings. The van der Waals surface area contributed by atoms with Crippen molar-refractivity contribution >= 4 is 17.7 Å². The van der Waals surface area contributed by atoms with Crippen LogP contribution in [0.3, 0.4) is 0 Å². The number of esters is 1. The Morgan fingerprint density at radius 3 is 2.04 bits per heavy atom. The van der Waals surface area contributed by atoms with Crippen molar-refractivity contribution in [1.82, 2.24) is 9.97 Å². The van der Waals surface area contributed by atoms with Gasteiger partial charge in [0.2, 0.25) is 11.8 Å². The molecule has 0 aromatic carbocycles. The molecule has 0 bridgehead atoms. The minimum atomic E-state index is -0.566. The van der Waals surface area contributed by atoms with Crippen molar-refractivity contribution in [3.05, 3.63) is 6.07 Å². The van der Waals surface area contributed by atoms with Crippen LogP contribution in [-0.4, -0.2) is 41.1 Å². The average molecular weight is 357 g/mol. The maximum atomic E-state index is 11.3. The highest BCUT2D eigenvalue weighted by atomic mass is 32.2. The summed E-state index contributed by atoms with van der Waals surface area (Å²) >= 11 is 1.36. The van der Waals surface area contributed by atoms with Crippen molar-refractivity contribution in [2.75, 3.05) is 14.2 Å². The summed E-state index contributed by atoms with van der Waals surface area (Å²) in [6.45, 7) is 5.31. The van der Waals surface area contributed by atoms with Gasteiger partial charge in [-0.1, -0.05) is 13.8 Å². The van der Waals surface area contributed by atoms with Gasteiger partial charge in [0.1, 0.15) is 0 Å². The summed E-state index contributed by atoms with van der Waals surface area (Å²) in [6.07, 6.45) is 3.67. The van der Waals surface area contributed by atoms with Gasteiger partial charge in [0.25, 0.3) is 0 Å². The molecular weight excluding hydrogens is 330 g/mol. The highest BCUT2D eigenvalue weighted by molar-refractivity contribution is 8.00. The van der Waals surface area contributed by atoms with Gasteiger partial charge >= 0.3 is 5.97 Å². The molecule has 0 amide bonds. The number of rotatable bonds is 5. The van der Waals surface area contributed by atoms with Crippen molar-refractivity contribution in [3.8, 4) is 11.8 Å². The second kappa shape index (κ2) is 9.68. The Kier molecular flexibility index (Phi) is 8.27. The smallest absolute Gasteiger partial charge is 0.304 e. The van der Waals surface area contributed by atoms with Crippen LogP contribution < -0.4 is 15.2 Å². The molecule has 136 valence electrons. The van der Waals surface area contributed by atoms with Crippen molar-refractivity contribution < 1.29 is 19.0 Å². The van der Waals surface area contributed by atoms with Crippen LogP contribution in [0.5, 0.6) is 11.8 Å². The van der Waals surface area contributed by atoms with Crippen LogP contribution in [-0.2, 0) is 9.53 Å². The number of hydrogen-bond donors (Lipinski definition) is 1. The van der Waals surface area contributed by atoms with Crippen LogP contribution in [0.15, 0.2) is 11.2 Å². The molecule has 0 radical (unpaired) electrons. The summed E-state index contributed by atoms with van der Waals surface area (Å²) < 4.78 is 15.8. The predicted octanol–water partition coefficient (Wildman–Crippen LogP) is 2.77. The fourth-order valence-corrected chi connectivity index (χ4v) is 3.46. The molecule has 24 heavy (non-hydrogen) atoms. The van der Waals surface area contributed by atoms with E-state index in [1.807, 2.05) is 13.8 Å². The molecule has 0 unspecified atom stereocenters. The number of nitrogens with zero attached hydrogens (tertiary/aromatic N) is 2. The molecule has 2 rings (SSSR count). The third-order valence-electron chi connectivity index (χ3n) is 3.05. The maximum Gasteiger partial charge on any atom is 0.304 e. The van der Waals surface area contributed by atoms with E-state index in [0.717, 1.165) is 25.7 Å². The zero-order chi connectivity index (χ0) is 18.2. The Labute approximate surface area is 147 Å². The fourth-order valence-electron chi connectivity index (χ4n) is 2.21. The summed E-state index contributed by atoms with van der Waals surface area (Å²) in [7, 11) is 3.07. The highest BCUT2D eigenvalue weighted by Crippen LogP contribution is 2.45. The molecule has 0 atom stereocenters. The first kappa shape index (κ1) is 20.5. The first-order valence-electron chi connectivity index (χ1n) is 7.91. The van der Waals surface area contributed by atoms with E-state index in [1.54, 1.807) is 6.07 Å². The lowest BCUT2D eigenvalue weighted by atomic mass is 10.3. The molecule has 1 aliphatic carbocycles. The summed E-state index contributed by atoms with van der Waals surface area (Å²) in [6, 6.07) is 1.94. The van der Waals surface area contributed by atoms with Crippen LogP contribution >= 0.6 is 11.8 Å². The largest absolute Gasteiger partial charge is 0.481 e. The lowest BCUT2D eigenvalue weighted by Crippen LogP contribution is -2.27. The average Bonchev–Trinajstić information content (AvgIpc) is 2.93. The van der Waals surface area contributed by atoms with Gasteiger partial charge in [-0.3, -0.25) is 4.79 Å². The van der Waals surface area contributed by atoms with E-state index in [1.165, 1.54) is 32.9 Å². The van der Waals surface area contributed by atoms with Crippen LogP contribution in [0.2, 0.25) is 0 Å². The SMILES string of the molecule is CC(C)N.COc1cc(OC)nc(SC2(OC(C)=O)CCCC2)n1. The second-order valence-electron chi connectivity index (χ2n) is 5.79. The van der Waals surface area contributed by atoms with Crippen molar-refractivity contribution in [2.45, 2.75) is 62.6 Å². The molecular formula is C16H27N3O4S. The van der Waals surface area contributed by atoms with Crippen LogP contribution in [0.4, 0.5) is 0 Å². The van der Waals surface area contributed by atoms with E-state index in [2.05, 4.69) is 9.97 Å². The van der Waals surface area contributed by atoms with E-state index in [4.69, 9.17) is 19.9 Å². The molecule has 1 saturated carbocycles. The number of nitrogens with two attached hydrogens (primary N) is 1. The minimum Gasteiger partial charge on any atom is -0.481 e. The second-order valence-corrected chi connectivity index (χ2v) is 7.11. The predicted molar refractivity (Wildman–Crippen MR) is 93.3 cm³/mol. The van der Waals surface area contributed by atoms with E-state index < -0.39 is 4.93 Å². The Morgan fingerprint density at radius 1 is 1.21 bits per heavy atom. The summed E-state index contributed by atoms with van der Waals surface area (Å²) in [5.41, 5.74) is 5.11. The highest BCUT2D eigenvalue weighted by Gasteiger charge is 2.39. The van der Waals surface area contributed by atoms with Crippen molar-refractivity contribution in [1.29, 1.82) is 0 Å². The van der Waals surface area contributed by atoms with Gasteiger partial charge in [0, 0.05) is 6.92 Å². The lowest BCUT2D eigenvalue weighted by Gasteiger charge is -2.26. The number of methoxy groups -OCH3 is 2. The number of aromatic nitrogens is 2. The zero-order valence-electron chi connectivity index (χ0n) is 15.0. The van der Waals surface area contributed by atoms with Gasteiger partial charge in [-0.05, 0) is 43.5 Å². The van der Waals surface area contributed by atoms with Gasteiger partial charge < -0.3 is 19.9 Å². The quantitative estimate of drug-likeness (QED) is 0.488. The van der Waals surface area contributed by atoms with Gasteiger partial charge in [-0.15, -0.1) is 0 Å². The van der Waals surface area contributed by atoms with E-state index in [-0.39, 0.29) is 5.97 Å². The van der Waals surface area contributed by atoms with E-state index in [9.17, 15) is 4.79 Å². The van der Waals surface area contributed by atoms with Crippen molar-refractivity contribution in [2.24, 2.45) is 5.73 Å². The van der Waals surface area contributed by atoms with Crippen LogP contribution in [0.1, 0.15) is 46.5 Å². The van der Waals surface area contributed by atoms with Crippen LogP contribution in [0, 0.1) is 0 Å². The molecule has 1 aromatic heterocycles. The molecule has 1 heterocycles. The summed E-state index contributed by atoms with van der Waals surface area (Å²) in [5, 5.41) is 0.490. The zero-order valence-corrected chi connectivity index (χ0v) is 15.8. The third-order valence-corrected chi connectivity index (χ3v) is 4.28. The third kappa shape index (κ3) is 6.92. The fraction of sp³-hybridized carbons (Fsp3) is 0.688. The Hall–Kier alpha value is -1.54. The summed E-state index contributed by atoms with van der Waals surface area (Å²) in [4.78, 5) is 19.3. The number of thioether (sulfide) groups is 1. The van der Waals surface area contributed by atoms with Gasteiger partial charge in [0.05, 0.1) is 20.3 Å². The molecule has 1 aliphatic rings. The number of hydrogen-bond acceptors (Lipinski definition) is 8. The molecule has 0 aliphatic heterocycles. The Balaban J connectivity index is 0.000000648. The number of carbonyl (C=O) groups excluding carboxylic acids is 1. The van der Waals surface area contributed by atoms with E-state index in [0.29, 0.717) is 23.0 Å². The van der Waals surface area contributed by atoms with Gasteiger partial charge in [-0.25, -0.2) is 0 Å². The van der Waals surface area contributed by atoms with E-state index >= 15 is 0 Å². The lowest BCUT2D eigenvalue weighted by molar-refractivity contribution is -0.148. The Bertz CT molecular complexity index is 509. The summed E-state index contributed by atoms with van der Waals surface area (Å²) in [5.74, 6) is 0.569. The molecule has 8 heteroatoms.